The summed E-state index contributed by atoms with van der Waals surface area (Å²) in [4.78, 5) is 35.3. The minimum atomic E-state index is -1.26. The molecular formula is C18H21BrN2O5. The quantitative estimate of drug-likeness (QED) is 0.716. The zero-order valence-corrected chi connectivity index (χ0v) is 16.4. The molecule has 1 aromatic carbocycles. The van der Waals surface area contributed by atoms with Crippen LogP contribution in [0.1, 0.15) is 37.6 Å². The van der Waals surface area contributed by atoms with Crippen LogP contribution in [0.25, 0.3) is 10.9 Å². The van der Waals surface area contributed by atoms with Crippen LogP contribution in [0.3, 0.4) is 0 Å². The molecule has 2 rings (SSSR count). The number of hydrogen-bond donors (Lipinski definition) is 2. The number of carboxylic acids is 1. The lowest BCUT2D eigenvalue weighted by molar-refractivity contribution is 0.0526. The van der Waals surface area contributed by atoms with Crippen molar-refractivity contribution >= 4 is 38.9 Å². The molecule has 0 saturated carbocycles. The molecule has 0 fully saturated rings. The number of amides is 1. The molecule has 0 spiro atoms. The summed E-state index contributed by atoms with van der Waals surface area (Å²) in [6.45, 7) is 6.14. The Morgan fingerprint density at radius 1 is 1.31 bits per heavy atom. The van der Waals surface area contributed by atoms with Gasteiger partial charge in [0.15, 0.2) is 0 Å². The van der Waals surface area contributed by atoms with Crippen LogP contribution >= 0.6 is 15.9 Å². The van der Waals surface area contributed by atoms with E-state index in [1.54, 1.807) is 43.5 Å². The third-order valence-electron chi connectivity index (χ3n) is 3.52. The highest BCUT2D eigenvalue weighted by Crippen LogP contribution is 2.19. The highest BCUT2D eigenvalue weighted by molar-refractivity contribution is 9.10. The second-order valence-electron chi connectivity index (χ2n) is 6.81. The Bertz CT molecular complexity index is 899. The van der Waals surface area contributed by atoms with Gasteiger partial charge in [0.25, 0.3) is 0 Å². The topological polar surface area (TPSA) is 97.6 Å². The minimum Gasteiger partial charge on any atom is -0.477 e. The van der Waals surface area contributed by atoms with E-state index in [0.717, 1.165) is 4.47 Å². The van der Waals surface area contributed by atoms with Crippen molar-refractivity contribution in [3.8, 4) is 0 Å². The zero-order valence-electron chi connectivity index (χ0n) is 14.8. The Morgan fingerprint density at radius 2 is 2.00 bits per heavy atom. The van der Waals surface area contributed by atoms with Gasteiger partial charge in [-0.05, 0) is 45.4 Å². The number of aryl methyl sites for hydroxylation is 1. The van der Waals surface area contributed by atoms with Crippen molar-refractivity contribution in [1.29, 1.82) is 0 Å². The number of nitrogens with one attached hydrogen (secondary N) is 1. The number of fused-ring (bicyclic) bond motifs is 1. The van der Waals surface area contributed by atoms with Crippen LogP contribution in [0.5, 0.6) is 0 Å². The first-order valence-electron chi connectivity index (χ1n) is 8.11. The minimum absolute atomic E-state index is 0.278. The second kappa shape index (κ2) is 7.90. The molecule has 0 bridgehead atoms. The Morgan fingerprint density at radius 3 is 2.62 bits per heavy atom. The number of aromatic carboxylic acids is 1. The van der Waals surface area contributed by atoms with Crippen molar-refractivity contribution in [3.63, 3.8) is 0 Å². The number of nitrogens with zero attached hydrogens (tertiary/aromatic N) is 1. The lowest BCUT2D eigenvalue weighted by Gasteiger charge is -2.19. The number of ether oxygens (including phenoxy) is 1. The summed E-state index contributed by atoms with van der Waals surface area (Å²) in [5, 5.41) is 12.3. The maximum Gasteiger partial charge on any atom is 0.407 e. The number of benzene rings is 1. The number of carboxylic acid groups (broad SMARTS) is 1. The highest BCUT2D eigenvalue weighted by atomic mass is 79.9. The molecular weight excluding hydrogens is 404 g/mol. The van der Waals surface area contributed by atoms with E-state index in [2.05, 4.69) is 21.2 Å². The van der Waals surface area contributed by atoms with Gasteiger partial charge in [0.05, 0.1) is 5.52 Å². The lowest BCUT2D eigenvalue weighted by Crippen LogP contribution is -2.33. The van der Waals surface area contributed by atoms with Gasteiger partial charge in [-0.15, -0.1) is 0 Å². The van der Waals surface area contributed by atoms with E-state index in [0.29, 0.717) is 30.4 Å². The SMILES string of the molecule is CC(C)(C)OC(=O)NCCCn1cc(C(=O)O)c(=O)c2ccc(Br)cc21. The van der Waals surface area contributed by atoms with E-state index >= 15 is 0 Å². The van der Waals surface area contributed by atoms with Gasteiger partial charge in [0.1, 0.15) is 11.2 Å². The van der Waals surface area contributed by atoms with Gasteiger partial charge >= 0.3 is 12.1 Å². The van der Waals surface area contributed by atoms with Gasteiger partial charge in [0.2, 0.25) is 5.43 Å². The Kier molecular flexibility index (Phi) is 6.07. The number of halogens is 1. The van der Waals surface area contributed by atoms with Crippen molar-refractivity contribution in [3.05, 3.63) is 44.7 Å². The summed E-state index contributed by atoms with van der Waals surface area (Å²) < 4.78 is 7.66. The molecule has 2 aromatic rings. The van der Waals surface area contributed by atoms with E-state index in [1.807, 2.05) is 0 Å². The first-order valence-corrected chi connectivity index (χ1v) is 8.90. The summed E-state index contributed by atoms with van der Waals surface area (Å²) in [7, 11) is 0. The number of alkyl carbamates (subject to hydrolysis) is 1. The fourth-order valence-electron chi connectivity index (χ4n) is 2.45. The van der Waals surface area contributed by atoms with E-state index in [1.165, 1.54) is 6.20 Å². The molecule has 0 aliphatic carbocycles. The van der Waals surface area contributed by atoms with Gasteiger partial charge in [-0.3, -0.25) is 4.79 Å². The zero-order chi connectivity index (χ0) is 19.5. The van der Waals surface area contributed by atoms with Crippen molar-refractivity contribution in [2.24, 2.45) is 0 Å². The van der Waals surface area contributed by atoms with Gasteiger partial charge in [0, 0.05) is 29.1 Å². The first-order chi connectivity index (χ1) is 12.1. The van der Waals surface area contributed by atoms with Crippen LogP contribution in [-0.2, 0) is 11.3 Å². The molecule has 7 nitrogen and oxygen atoms in total. The van der Waals surface area contributed by atoms with E-state index in [4.69, 9.17) is 4.74 Å². The molecule has 0 atom stereocenters. The summed E-state index contributed by atoms with van der Waals surface area (Å²) in [5.74, 6) is -1.26. The van der Waals surface area contributed by atoms with E-state index in [9.17, 15) is 19.5 Å². The number of hydrogen-bond acceptors (Lipinski definition) is 4. The standard InChI is InChI=1S/C18H21BrN2O5/c1-18(2,3)26-17(25)20-7-4-8-21-10-13(16(23)24)15(22)12-6-5-11(19)9-14(12)21/h5-6,9-10H,4,7-8H2,1-3H3,(H,20,25)(H,23,24). The number of rotatable bonds is 5. The predicted octanol–water partition coefficient (Wildman–Crippen LogP) is 3.38. The Balaban J connectivity index is 2.17. The molecule has 0 aliphatic heterocycles. The average molecular weight is 425 g/mol. The van der Waals surface area contributed by atoms with Crippen LogP contribution in [0.15, 0.2) is 33.7 Å². The summed E-state index contributed by atoms with van der Waals surface area (Å²) >= 11 is 3.36. The Labute approximate surface area is 159 Å². The normalized spacial score (nSPS) is 11.4. The van der Waals surface area contributed by atoms with Crippen LogP contribution < -0.4 is 10.7 Å². The molecule has 0 unspecified atom stereocenters. The molecule has 1 amide bonds. The van der Waals surface area contributed by atoms with Gasteiger partial charge in [-0.1, -0.05) is 15.9 Å². The van der Waals surface area contributed by atoms with Crippen molar-refractivity contribution < 1.29 is 19.4 Å². The molecule has 140 valence electrons. The smallest absolute Gasteiger partial charge is 0.407 e. The van der Waals surface area contributed by atoms with Gasteiger partial charge in [-0.2, -0.15) is 0 Å². The lowest BCUT2D eigenvalue weighted by atomic mass is 10.1. The van der Waals surface area contributed by atoms with E-state index in [-0.39, 0.29) is 5.56 Å². The summed E-state index contributed by atoms with van der Waals surface area (Å²) in [5.41, 5.74) is -0.725. The molecule has 0 saturated heterocycles. The molecule has 1 aromatic heterocycles. The molecule has 0 radical (unpaired) electrons. The van der Waals surface area contributed by atoms with Gasteiger partial charge in [-0.25, -0.2) is 9.59 Å². The number of carbonyl (C=O) groups is 2. The molecule has 0 aliphatic rings. The number of carbonyl (C=O) groups excluding carboxylic acids is 1. The van der Waals surface area contributed by atoms with Crippen LogP contribution in [0, 0.1) is 0 Å². The highest BCUT2D eigenvalue weighted by Gasteiger charge is 2.16. The van der Waals surface area contributed by atoms with Crippen molar-refractivity contribution in [1.82, 2.24) is 9.88 Å². The number of pyridine rings is 1. The predicted molar refractivity (Wildman–Crippen MR) is 102 cm³/mol. The van der Waals surface area contributed by atoms with Crippen molar-refractivity contribution in [2.75, 3.05) is 6.54 Å². The molecule has 8 heteroatoms. The van der Waals surface area contributed by atoms with Crippen LogP contribution in [-0.4, -0.2) is 33.9 Å². The Hall–Kier alpha value is -2.35. The largest absolute Gasteiger partial charge is 0.477 e. The third-order valence-corrected chi connectivity index (χ3v) is 4.01. The van der Waals surface area contributed by atoms with Crippen LogP contribution in [0.4, 0.5) is 4.79 Å². The second-order valence-corrected chi connectivity index (χ2v) is 7.73. The fraction of sp³-hybridized carbons (Fsp3) is 0.389. The fourth-order valence-corrected chi connectivity index (χ4v) is 2.80. The monoisotopic (exact) mass is 424 g/mol. The first kappa shape index (κ1) is 20.0. The number of aromatic nitrogens is 1. The maximum atomic E-state index is 12.3. The van der Waals surface area contributed by atoms with Gasteiger partial charge < -0.3 is 19.7 Å². The average Bonchev–Trinajstić information content (AvgIpc) is 2.51. The molecule has 1 heterocycles. The molecule has 2 N–H and O–H groups in total. The molecule has 26 heavy (non-hydrogen) atoms. The van der Waals surface area contributed by atoms with E-state index < -0.39 is 23.1 Å². The maximum absolute atomic E-state index is 12.3. The van der Waals surface area contributed by atoms with Crippen LogP contribution in [0.2, 0.25) is 0 Å². The summed E-state index contributed by atoms with van der Waals surface area (Å²) in [6.07, 6.45) is 1.38. The third kappa shape index (κ3) is 5.08. The van der Waals surface area contributed by atoms with Crippen molar-refractivity contribution in [2.45, 2.75) is 39.3 Å². The summed E-state index contributed by atoms with van der Waals surface area (Å²) in [6, 6.07) is 5.07.